The fourth-order valence-electron chi connectivity index (χ4n) is 3.08. The number of nitrogens with zero attached hydrogens (tertiary/aromatic N) is 3. The van der Waals surface area contributed by atoms with Gasteiger partial charge in [-0.25, -0.2) is 5.10 Å². The molecule has 1 saturated heterocycles. The summed E-state index contributed by atoms with van der Waals surface area (Å²) < 4.78 is 39.3. The summed E-state index contributed by atoms with van der Waals surface area (Å²) in [6.45, 7) is 2.12. The zero-order valence-corrected chi connectivity index (χ0v) is 14.0. The molecule has 3 rings (SSSR count). The number of hydrogen-bond acceptors (Lipinski definition) is 4. The number of aromatic amines is 1. The number of carbonyl (C=O) groups is 1. The molecule has 9 heteroatoms. The van der Waals surface area contributed by atoms with Gasteiger partial charge >= 0.3 is 6.18 Å². The first-order valence-electron chi connectivity index (χ1n) is 7.99. The molecule has 2 heterocycles. The minimum absolute atomic E-state index is 0.0553. The minimum atomic E-state index is -4.47. The molecule has 1 aliphatic rings. The Morgan fingerprint density at radius 1 is 1.19 bits per heavy atom. The van der Waals surface area contributed by atoms with Gasteiger partial charge in [-0.2, -0.15) is 18.3 Å². The third-order valence-corrected chi connectivity index (χ3v) is 4.33. The van der Waals surface area contributed by atoms with Crippen molar-refractivity contribution in [2.24, 2.45) is 0 Å². The SMILES string of the molecule is Cc1cn[nH]c(=O)c1N1CCN(Cc2ccccc2C(F)(F)F)C(=O)C1. The molecule has 1 aromatic carbocycles. The maximum atomic E-state index is 13.1. The molecule has 2 aromatic rings. The summed E-state index contributed by atoms with van der Waals surface area (Å²) in [6, 6.07) is 5.23. The van der Waals surface area contributed by atoms with Gasteiger partial charge in [0.1, 0.15) is 5.69 Å². The standard InChI is InChI=1S/C17H17F3N4O2/c1-11-8-21-22-16(26)15(11)24-7-6-23(14(25)10-24)9-12-4-2-3-5-13(12)17(18,19)20/h2-5,8H,6-7,9-10H2,1H3,(H,22,26). The molecular weight excluding hydrogens is 349 g/mol. The van der Waals surface area contributed by atoms with Crippen molar-refractivity contribution in [1.82, 2.24) is 15.1 Å². The molecule has 6 nitrogen and oxygen atoms in total. The predicted octanol–water partition coefficient (Wildman–Crippen LogP) is 1.95. The molecule has 1 N–H and O–H groups in total. The van der Waals surface area contributed by atoms with Crippen molar-refractivity contribution in [3.05, 3.63) is 57.5 Å². The zero-order valence-electron chi connectivity index (χ0n) is 14.0. The van der Waals surface area contributed by atoms with Crippen LogP contribution in [0, 0.1) is 6.92 Å². The highest BCUT2D eigenvalue weighted by Gasteiger charge is 2.34. The average molecular weight is 366 g/mol. The van der Waals surface area contributed by atoms with E-state index in [1.807, 2.05) is 0 Å². The van der Waals surface area contributed by atoms with Gasteiger partial charge in [0, 0.05) is 19.6 Å². The molecule has 138 valence electrons. The number of amides is 1. The smallest absolute Gasteiger partial charge is 0.356 e. The molecule has 1 fully saturated rings. The van der Waals surface area contributed by atoms with Crippen LogP contribution in [0.4, 0.5) is 18.9 Å². The second-order valence-electron chi connectivity index (χ2n) is 6.12. The summed E-state index contributed by atoms with van der Waals surface area (Å²) >= 11 is 0. The van der Waals surface area contributed by atoms with Crippen LogP contribution in [0.25, 0.3) is 0 Å². The van der Waals surface area contributed by atoms with Crippen LogP contribution in [-0.4, -0.2) is 40.6 Å². The van der Waals surface area contributed by atoms with Crippen LogP contribution >= 0.6 is 0 Å². The van der Waals surface area contributed by atoms with Crippen molar-refractivity contribution in [3.8, 4) is 0 Å². The number of alkyl halides is 3. The van der Waals surface area contributed by atoms with Crippen LogP contribution in [0.15, 0.2) is 35.3 Å². The zero-order chi connectivity index (χ0) is 18.9. The number of halogens is 3. The van der Waals surface area contributed by atoms with Gasteiger partial charge < -0.3 is 9.80 Å². The van der Waals surface area contributed by atoms with Gasteiger partial charge in [0.15, 0.2) is 0 Å². The molecule has 0 radical (unpaired) electrons. The van der Waals surface area contributed by atoms with Crippen LogP contribution in [0.5, 0.6) is 0 Å². The summed E-state index contributed by atoms with van der Waals surface area (Å²) in [7, 11) is 0. The third kappa shape index (κ3) is 3.56. The Kier molecular flexibility index (Phi) is 4.71. The quantitative estimate of drug-likeness (QED) is 0.902. The first kappa shape index (κ1) is 18.0. The number of aromatic nitrogens is 2. The van der Waals surface area contributed by atoms with E-state index in [9.17, 15) is 22.8 Å². The van der Waals surface area contributed by atoms with Crippen LogP contribution < -0.4 is 10.5 Å². The molecule has 1 aromatic heterocycles. The summed E-state index contributed by atoms with van der Waals surface area (Å²) in [4.78, 5) is 27.4. The van der Waals surface area contributed by atoms with E-state index in [-0.39, 0.29) is 31.1 Å². The highest BCUT2D eigenvalue weighted by atomic mass is 19.4. The number of rotatable bonds is 3. The number of H-pyrrole nitrogens is 1. The van der Waals surface area contributed by atoms with E-state index in [1.165, 1.54) is 29.3 Å². The Balaban J connectivity index is 1.77. The lowest BCUT2D eigenvalue weighted by atomic mass is 10.1. The first-order valence-corrected chi connectivity index (χ1v) is 7.99. The van der Waals surface area contributed by atoms with E-state index in [1.54, 1.807) is 11.8 Å². The van der Waals surface area contributed by atoms with Crippen LogP contribution in [0.1, 0.15) is 16.7 Å². The Labute approximate surface area is 147 Å². The maximum Gasteiger partial charge on any atom is 0.416 e. The van der Waals surface area contributed by atoms with Crippen molar-refractivity contribution in [2.45, 2.75) is 19.6 Å². The molecular formula is C17H17F3N4O2. The van der Waals surface area contributed by atoms with E-state index in [0.29, 0.717) is 17.8 Å². The summed E-state index contributed by atoms with van der Waals surface area (Å²) in [5.41, 5.74) is -0.0776. The highest BCUT2D eigenvalue weighted by molar-refractivity contribution is 5.83. The second kappa shape index (κ2) is 6.81. The van der Waals surface area contributed by atoms with Crippen LogP contribution in [0.3, 0.4) is 0 Å². The van der Waals surface area contributed by atoms with E-state index in [0.717, 1.165) is 6.07 Å². The monoisotopic (exact) mass is 366 g/mol. The van der Waals surface area contributed by atoms with Gasteiger partial charge in [0.2, 0.25) is 5.91 Å². The average Bonchev–Trinajstić information content (AvgIpc) is 2.56. The predicted molar refractivity (Wildman–Crippen MR) is 88.7 cm³/mol. The van der Waals surface area contributed by atoms with Crippen molar-refractivity contribution in [2.75, 3.05) is 24.5 Å². The molecule has 0 unspecified atom stereocenters. The summed E-state index contributed by atoms with van der Waals surface area (Å²) in [5.74, 6) is -0.330. The lowest BCUT2D eigenvalue weighted by Crippen LogP contribution is -2.51. The second-order valence-corrected chi connectivity index (χ2v) is 6.12. The van der Waals surface area contributed by atoms with Gasteiger partial charge in [-0.05, 0) is 24.1 Å². The van der Waals surface area contributed by atoms with Crippen LogP contribution in [0.2, 0.25) is 0 Å². The lowest BCUT2D eigenvalue weighted by Gasteiger charge is -2.36. The number of carbonyl (C=O) groups excluding carboxylic acids is 1. The summed E-state index contributed by atoms with van der Waals surface area (Å²) in [5, 5.41) is 6.03. The first-order chi connectivity index (χ1) is 12.3. The molecule has 0 saturated carbocycles. The van der Waals surface area contributed by atoms with Crippen molar-refractivity contribution >= 4 is 11.6 Å². The largest absolute Gasteiger partial charge is 0.416 e. The third-order valence-electron chi connectivity index (χ3n) is 4.33. The molecule has 1 amide bonds. The molecule has 0 spiro atoms. The molecule has 1 aliphatic heterocycles. The molecule has 26 heavy (non-hydrogen) atoms. The van der Waals surface area contributed by atoms with E-state index < -0.39 is 17.3 Å². The van der Waals surface area contributed by atoms with Gasteiger partial charge in [-0.3, -0.25) is 9.59 Å². The van der Waals surface area contributed by atoms with E-state index in [4.69, 9.17) is 0 Å². The van der Waals surface area contributed by atoms with Crippen LogP contribution in [-0.2, 0) is 17.5 Å². The molecule has 0 aliphatic carbocycles. The Bertz CT molecular complexity index is 879. The Morgan fingerprint density at radius 2 is 1.92 bits per heavy atom. The lowest BCUT2D eigenvalue weighted by molar-refractivity contribution is -0.140. The van der Waals surface area contributed by atoms with Gasteiger partial charge in [0.25, 0.3) is 5.56 Å². The fraction of sp³-hybridized carbons (Fsp3) is 0.353. The molecule has 0 bridgehead atoms. The Morgan fingerprint density at radius 3 is 2.58 bits per heavy atom. The number of hydrogen-bond donors (Lipinski definition) is 1. The Hall–Kier alpha value is -2.84. The topological polar surface area (TPSA) is 69.3 Å². The minimum Gasteiger partial charge on any atom is -0.356 e. The van der Waals surface area contributed by atoms with Gasteiger partial charge in [-0.15, -0.1) is 0 Å². The number of nitrogens with one attached hydrogen (secondary N) is 1. The van der Waals surface area contributed by atoms with Crippen molar-refractivity contribution < 1.29 is 18.0 Å². The van der Waals surface area contributed by atoms with Crippen molar-refractivity contribution in [1.29, 1.82) is 0 Å². The summed E-state index contributed by atoms with van der Waals surface area (Å²) in [6.07, 6.45) is -2.98. The maximum absolute atomic E-state index is 13.1. The van der Waals surface area contributed by atoms with E-state index in [2.05, 4.69) is 10.2 Å². The van der Waals surface area contributed by atoms with E-state index >= 15 is 0 Å². The molecule has 0 atom stereocenters. The number of benzene rings is 1. The normalized spacial score (nSPS) is 15.5. The fourth-order valence-corrected chi connectivity index (χ4v) is 3.08. The van der Waals surface area contributed by atoms with Gasteiger partial charge in [-0.1, -0.05) is 18.2 Å². The highest BCUT2D eigenvalue weighted by Crippen LogP contribution is 2.32. The number of piperazine rings is 1. The van der Waals surface area contributed by atoms with Gasteiger partial charge in [0.05, 0.1) is 18.3 Å². The number of anilines is 1. The van der Waals surface area contributed by atoms with Crippen molar-refractivity contribution in [3.63, 3.8) is 0 Å². The number of aryl methyl sites for hydroxylation is 1.